The van der Waals surface area contributed by atoms with Gasteiger partial charge in [-0.05, 0) is 25.1 Å². The fourth-order valence-electron chi connectivity index (χ4n) is 3.09. The minimum Gasteiger partial charge on any atom is -0.506 e. The number of aromatic carboxylic acids is 1. The summed E-state index contributed by atoms with van der Waals surface area (Å²) in [5, 5.41) is 21.0. The molecule has 0 saturated heterocycles. The lowest BCUT2D eigenvalue weighted by molar-refractivity contribution is 0.0525. The molecule has 134 valence electrons. The van der Waals surface area contributed by atoms with Gasteiger partial charge in [-0.1, -0.05) is 24.3 Å². The van der Waals surface area contributed by atoms with E-state index in [1.807, 2.05) is 0 Å². The van der Waals surface area contributed by atoms with Gasteiger partial charge in [0.1, 0.15) is 16.8 Å². The van der Waals surface area contributed by atoms with E-state index >= 15 is 0 Å². The van der Waals surface area contributed by atoms with Crippen LogP contribution in [0.15, 0.2) is 42.5 Å². The van der Waals surface area contributed by atoms with Gasteiger partial charge in [0.05, 0.1) is 28.7 Å². The molecule has 0 unspecified atom stereocenters. The summed E-state index contributed by atoms with van der Waals surface area (Å²) in [5.74, 6) is -2.04. The zero-order valence-electron chi connectivity index (χ0n) is 14.3. The second kappa shape index (κ2) is 6.21. The van der Waals surface area contributed by atoms with E-state index in [1.54, 1.807) is 37.3 Å². The lowest BCUT2D eigenvalue weighted by Gasteiger charge is -2.12. The number of carboxylic acids is 1. The Morgan fingerprint density at radius 3 is 2.41 bits per heavy atom. The van der Waals surface area contributed by atoms with E-state index in [2.05, 4.69) is 9.97 Å². The zero-order valence-corrected chi connectivity index (χ0v) is 14.3. The average Bonchev–Trinajstić information content (AvgIpc) is 2.67. The second-order valence-corrected chi connectivity index (χ2v) is 5.92. The Kier molecular flexibility index (Phi) is 3.84. The molecule has 0 atom stereocenters. The van der Waals surface area contributed by atoms with Gasteiger partial charge in [0, 0.05) is 10.8 Å². The number of carbonyl (C=O) groups excluding carboxylic acids is 1. The van der Waals surface area contributed by atoms with Crippen molar-refractivity contribution in [2.45, 2.75) is 6.92 Å². The summed E-state index contributed by atoms with van der Waals surface area (Å²) in [5.41, 5.74) is 1.36. The number of aromatic nitrogens is 2. The van der Waals surface area contributed by atoms with Crippen LogP contribution in [0.25, 0.3) is 32.8 Å². The quantitative estimate of drug-likeness (QED) is 0.326. The number of phenolic OH excluding ortho intramolecular Hbond substituents is 1. The molecular weight excluding hydrogens is 348 g/mol. The first kappa shape index (κ1) is 16.7. The molecule has 0 aliphatic rings. The molecule has 0 spiro atoms. The minimum absolute atomic E-state index is 0.0545. The first-order valence-electron chi connectivity index (χ1n) is 8.27. The third-order valence-electron chi connectivity index (χ3n) is 4.30. The number of carbonyl (C=O) groups is 2. The molecule has 2 N–H and O–H groups in total. The van der Waals surface area contributed by atoms with Crippen LogP contribution >= 0.6 is 0 Å². The fourth-order valence-corrected chi connectivity index (χ4v) is 3.09. The van der Waals surface area contributed by atoms with Gasteiger partial charge >= 0.3 is 11.9 Å². The monoisotopic (exact) mass is 362 g/mol. The topological polar surface area (TPSA) is 110 Å². The third-order valence-corrected chi connectivity index (χ3v) is 4.30. The molecule has 27 heavy (non-hydrogen) atoms. The number of fused-ring (bicyclic) bond motifs is 4. The molecule has 1 aromatic heterocycles. The summed E-state index contributed by atoms with van der Waals surface area (Å²) in [6.45, 7) is 1.80. The van der Waals surface area contributed by atoms with Crippen LogP contribution in [0.1, 0.15) is 27.6 Å². The van der Waals surface area contributed by atoms with Gasteiger partial charge in [0.25, 0.3) is 0 Å². The molecule has 0 radical (unpaired) electrons. The van der Waals surface area contributed by atoms with E-state index < -0.39 is 11.9 Å². The number of aromatic hydroxyl groups is 1. The molecule has 0 aliphatic carbocycles. The lowest BCUT2D eigenvalue weighted by atomic mass is 10.0. The Balaban J connectivity index is 2.18. The Hall–Kier alpha value is -3.74. The van der Waals surface area contributed by atoms with Crippen molar-refractivity contribution < 1.29 is 24.5 Å². The van der Waals surface area contributed by atoms with E-state index in [1.165, 1.54) is 12.1 Å². The zero-order chi connectivity index (χ0) is 19.1. The van der Waals surface area contributed by atoms with E-state index in [9.17, 15) is 19.8 Å². The molecule has 0 aliphatic heterocycles. The third kappa shape index (κ3) is 2.60. The highest BCUT2D eigenvalue weighted by atomic mass is 16.5. The molecule has 4 rings (SSSR count). The second-order valence-electron chi connectivity index (χ2n) is 5.92. The lowest BCUT2D eigenvalue weighted by Crippen LogP contribution is -2.08. The van der Waals surface area contributed by atoms with Crippen molar-refractivity contribution in [3.8, 4) is 5.75 Å². The highest BCUT2D eigenvalue weighted by Crippen LogP contribution is 2.36. The van der Waals surface area contributed by atoms with Crippen LogP contribution < -0.4 is 0 Å². The summed E-state index contributed by atoms with van der Waals surface area (Å²) >= 11 is 0. The highest BCUT2D eigenvalue weighted by Gasteiger charge is 2.23. The fraction of sp³-hybridized carbons (Fsp3) is 0.100. The number of nitrogens with zero attached hydrogens (tertiary/aromatic N) is 2. The smallest absolute Gasteiger partial charge is 0.344 e. The SMILES string of the molecule is CCOC(=O)c1c(O)c2ccccc2c2nc3ccc(C(=O)O)cc3nc12. The van der Waals surface area contributed by atoms with Crippen molar-refractivity contribution >= 4 is 44.8 Å². The Labute approximate surface area is 152 Å². The summed E-state index contributed by atoms with van der Waals surface area (Å²) in [6, 6.07) is 11.4. The standard InChI is InChI=1S/C20H14N2O5/c1-2-27-20(26)15-17-16(11-5-3-4-6-12(11)18(15)23)21-13-8-7-10(19(24)25)9-14(13)22-17/h3-9,23H,2H2,1H3,(H,24,25). The van der Waals surface area contributed by atoms with Crippen LogP contribution in [-0.4, -0.2) is 38.7 Å². The summed E-state index contributed by atoms with van der Waals surface area (Å²) < 4.78 is 5.08. The number of esters is 1. The van der Waals surface area contributed by atoms with Gasteiger partial charge in [-0.2, -0.15) is 0 Å². The summed E-state index contributed by atoms with van der Waals surface area (Å²) in [7, 11) is 0. The number of hydrogen-bond donors (Lipinski definition) is 2. The first-order valence-corrected chi connectivity index (χ1v) is 8.27. The summed E-state index contributed by atoms with van der Waals surface area (Å²) in [6.07, 6.45) is 0. The molecule has 0 fully saturated rings. The molecule has 3 aromatic carbocycles. The predicted molar refractivity (Wildman–Crippen MR) is 99.1 cm³/mol. The van der Waals surface area contributed by atoms with Gasteiger partial charge in [-0.25, -0.2) is 19.6 Å². The van der Waals surface area contributed by atoms with Crippen LogP contribution in [0.3, 0.4) is 0 Å². The summed E-state index contributed by atoms with van der Waals surface area (Å²) in [4.78, 5) is 32.8. The van der Waals surface area contributed by atoms with Gasteiger partial charge < -0.3 is 14.9 Å². The van der Waals surface area contributed by atoms with Crippen LogP contribution in [0.5, 0.6) is 5.75 Å². The van der Waals surface area contributed by atoms with E-state index in [0.717, 1.165) is 0 Å². The number of benzene rings is 3. The number of hydrogen-bond acceptors (Lipinski definition) is 6. The molecule has 0 bridgehead atoms. The van der Waals surface area contributed by atoms with Crippen molar-refractivity contribution in [2.75, 3.05) is 6.61 Å². The maximum Gasteiger partial charge on any atom is 0.344 e. The van der Waals surface area contributed by atoms with Crippen molar-refractivity contribution in [3.63, 3.8) is 0 Å². The van der Waals surface area contributed by atoms with Gasteiger partial charge in [-0.3, -0.25) is 0 Å². The van der Waals surface area contributed by atoms with Crippen LogP contribution in [-0.2, 0) is 4.74 Å². The normalized spacial score (nSPS) is 11.1. The van der Waals surface area contributed by atoms with Gasteiger partial charge in [0.15, 0.2) is 0 Å². The number of ether oxygens (including phenoxy) is 1. The molecule has 7 heteroatoms. The van der Waals surface area contributed by atoms with Gasteiger partial charge in [-0.15, -0.1) is 0 Å². The van der Waals surface area contributed by atoms with Crippen molar-refractivity contribution in [2.24, 2.45) is 0 Å². The Morgan fingerprint density at radius 1 is 1.00 bits per heavy atom. The minimum atomic E-state index is -1.09. The van der Waals surface area contributed by atoms with Crippen molar-refractivity contribution in [1.82, 2.24) is 9.97 Å². The van der Waals surface area contributed by atoms with Crippen molar-refractivity contribution in [1.29, 1.82) is 0 Å². The molecule has 0 amide bonds. The largest absolute Gasteiger partial charge is 0.506 e. The maximum absolute atomic E-state index is 12.5. The van der Waals surface area contributed by atoms with E-state index in [0.29, 0.717) is 27.3 Å². The highest BCUT2D eigenvalue weighted by molar-refractivity contribution is 6.18. The molecule has 1 heterocycles. The van der Waals surface area contributed by atoms with E-state index in [4.69, 9.17) is 4.74 Å². The van der Waals surface area contributed by atoms with Crippen LogP contribution in [0.4, 0.5) is 0 Å². The number of carboxylic acid groups (broad SMARTS) is 1. The Morgan fingerprint density at radius 2 is 1.70 bits per heavy atom. The Bertz CT molecular complexity index is 1250. The molecule has 7 nitrogen and oxygen atoms in total. The van der Waals surface area contributed by atoms with Crippen LogP contribution in [0.2, 0.25) is 0 Å². The molecular formula is C20H14N2O5. The number of rotatable bonds is 3. The first-order chi connectivity index (χ1) is 13.0. The maximum atomic E-state index is 12.5. The van der Waals surface area contributed by atoms with Crippen LogP contribution in [0, 0.1) is 0 Å². The average molecular weight is 362 g/mol. The molecule has 0 saturated carbocycles. The predicted octanol–water partition coefficient (Wildman–Crippen LogP) is 3.52. The van der Waals surface area contributed by atoms with Crippen molar-refractivity contribution in [3.05, 3.63) is 53.6 Å². The number of phenols is 1. The van der Waals surface area contributed by atoms with Gasteiger partial charge in [0.2, 0.25) is 0 Å². The molecule has 4 aromatic rings. The van der Waals surface area contributed by atoms with E-state index in [-0.39, 0.29) is 29.0 Å².